The van der Waals surface area contributed by atoms with Crippen LogP contribution in [0.5, 0.6) is 0 Å². The molecular formula is C9H15F2NO2S. The molecular weight excluding hydrogens is 224 g/mol. The smallest absolute Gasteiger partial charge is 0.264 e. The van der Waals surface area contributed by atoms with Gasteiger partial charge in [0.25, 0.3) is 5.92 Å². The van der Waals surface area contributed by atoms with Crippen molar-refractivity contribution >= 4 is 9.84 Å². The number of nitrogens with one attached hydrogen (secondary N) is 1. The highest BCUT2D eigenvalue weighted by atomic mass is 32.2. The van der Waals surface area contributed by atoms with Crippen LogP contribution in [0.25, 0.3) is 0 Å². The maximum Gasteiger partial charge on any atom is 0.264 e. The van der Waals surface area contributed by atoms with Crippen LogP contribution in [0.15, 0.2) is 0 Å². The fourth-order valence-electron chi connectivity index (χ4n) is 2.56. The molecule has 1 N–H and O–H groups in total. The Bertz CT molecular complexity index is 342. The molecule has 2 rings (SSSR count). The van der Waals surface area contributed by atoms with Crippen LogP contribution in [-0.4, -0.2) is 38.9 Å². The van der Waals surface area contributed by atoms with E-state index in [9.17, 15) is 17.2 Å². The van der Waals surface area contributed by atoms with E-state index in [1.165, 1.54) is 0 Å². The zero-order valence-corrected chi connectivity index (χ0v) is 9.19. The average Bonchev–Trinajstić information content (AvgIpc) is 2.43. The van der Waals surface area contributed by atoms with E-state index >= 15 is 0 Å². The molecule has 3 nitrogen and oxygen atoms in total. The van der Waals surface area contributed by atoms with Crippen molar-refractivity contribution in [2.24, 2.45) is 11.8 Å². The zero-order chi connectivity index (χ0) is 11.1. The molecule has 2 unspecified atom stereocenters. The van der Waals surface area contributed by atoms with E-state index < -0.39 is 21.7 Å². The summed E-state index contributed by atoms with van der Waals surface area (Å²) in [6.07, 6.45) is 1.14. The van der Waals surface area contributed by atoms with Gasteiger partial charge >= 0.3 is 0 Å². The average molecular weight is 239 g/mol. The lowest BCUT2D eigenvalue weighted by atomic mass is 9.87. The fourth-order valence-corrected chi connectivity index (χ4v) is 4.39. The molecule has 6 heteroatoms. The molecule has 0 aromatic carbocycles. The largest absolute Gasteiger partial charge is 0.311 e. The standard InChI is InChI=1S/C9H15F2NO2S/c10-9(11)6-12-4-8(9)7-2-1-3-15(13,14)5-7/h7-8,12H,1-6H2. The van der Waals surface area contributed by atoms with Crippen molar-refractivity contribution in [2.45, 2.75) is 18.8 Å². The molecule has 0 amide bonds. The Morgan fingerprint density at radius 2 is 2.07 bits per heavy atom. The minimum absolute atomic E-state index is 0.0606. The number of hydrogen-bond donors (Lipinski definition) is 1. The van der Waals surface area contributed by atoms with Gasteiger partial charge in [0.2, 0.25) is 0 Å². The Labute approximate surface area is 88.2 Å². The third-order valence-corrected chi connectivity index (χ3v) is 5.18. The van der Waals surface area contributed by atoms with Crippen molar-refractivity contribution in [3.8, 4) is 0 Å². The van der Waals surface area contributed by atoms with Gasteiger partial charge < -0.3 is 5.32 Å². The first-order valence-corrected chi connectivity index (χ1v) is 7.02. The molecule has 0 bridgehead atoms. The number of sulfone groups is 1. The van der Waals surface area contributed by atoms with E-state index in [-0.39, 0.29) is 30.5 Å². The second kappa shape index (κ2) is 3.66. The molecule has 0 radical (unpaired) electrons. The Kier molecular flexibility index (Phi) is 2.75. The van der Waals surface area contributed by atoms with Crippen molar-refractivity contribution < 1.29 is 17.2 Å². The van der Waals surface area contributed by atoms with Gasteiger partial charge in [0.1, 0.15) is 0 Å². The van der Waals surface area contributed by atoms with Gasteiger partial charge in [-0.25, -0.2) is 17.2 Å². The van der Waals surface area contributed by atoms with E-state index in [1.54, 1.807) is 0 Å². The summed E-state index contributed by atoms with van der Waals surface area (Å²) in [5.74, 6) is -3.80. The van der Waals surface area contributed by atoms with E-state index in [2.05, 4.69) is 5.32 Å². The molecule has 2 aliphatic rings. The minimum atomic E-state index is -3.08. The maximum absolute atomic E-state index is 13.4. The number of alkyl halides is 2. The molecule has 0 spiro atoms. The molecule has 0 aliphatic carbocycles. The predicted molar refractivity (Wildman–Crippen MR) is 52.7 cm³/mol. The van der Waals surface area contributed by atoms with E-state index in [0.29, 0.717) is 12.8 Å². The van der Waals surface area contributed by atoms with Gasteiger partial charge in [0, 0.05) is 12.5 Å². The monoisotopic (exact) mass is 239 g/mol. The first-order valence-electron chi connectivity index (χ1n) is 5.20. The van der Waals surface area contributed by atoms with Crippen molar-refractivity contribution in [1.29, 1.82) is 0 Å². The molecule has 88 valence electrons. The number of rotatable bonds is 1. The van der Waals surface area contributed by atoms with Gasteiger partial charge in [0.05, 0.1) is 18.1 Å². The third kappa shape index (κ3) is 2.30. The Morgan fingerprint density at radius 1 is 1.33 bits per heavy atom. The van der Waals surface area contributed by atoms with Crippen LogP contribution in [-0.2, 0) is 9.84 Å². The lowest BCUT2D eigenvalue weighted by Gasteiger charge is -2.30. The lowest BCUT2D eigenvalue weighted by Crippen LogP contribution is -2.38. The molecule has 2 saturated heterocycles. The lowest BCUT2D eigenvalue weighted by molar-refractivity contribution is -0.0414. The minimum Gasteiger partial charge on any atom is -0.311 e. The highest BCUT2D eigenvalue weighted by Crippen LogP contribution is 2.38. The molecule has 2 atom stereocenters. The Balaban J connectivity index is 2.11. The van der Waals surface area contributed by atoms with Gasteiger partial charge in [-0.15, -0.1) is 0 Å². The SMILES string of the molecule is O=S1(=O)CCCC(C2CNCC2(F)F)C1. The van der Waals surface area contributed by atoms with Crippen molar-refractivity contribution in [3.63, 3.8) is 0 Å². The van der Waals surface area contributed by atoms with Gasteiger partial charge in [-0.1, -0.05) is 0 Å². The molecule has 0 aromatic heterocycles. The van der Waals surface area contributed by atoms with Crippen LogP contribution >= 0.6 is 0 Å². The second-order valence-electron chi connectivity index (χ2n) is 4.52. The van der Waals surface area contributed by atoms with Gasteiger partial charge in [-0.3, -0.25) is 0 Å². The van der Waals surface area contributed by atoms with E-state index in [0.717, 1.165) is 0 Å². The summed E-state index contributed by atoms with van der Waals surface area (Å²) in [6, 6.07) is 0. The maximum atomic E-state index is 13.4. The summed E-state index contributed by atoms with van der Waals surface area (Å²) in [5, 5.41) is 2.64. The van der Waals surface area contributed by atoms with Crippen molar-refractivity contribution in [3.05, 3.63) is 0 Å². The topological polar surface area (TPSA) is 46.2 Å². The second-order valence-corrected chi connectivity index (χ2v) is 6.74. The summed E-state index contributed by atoms with van der Waals surface area (Å²) in [6.45, 7) is -0.0681. The molecule has 2 heterocycles. The first-order chi connectivity index (χ1) is 6.91. The van der Waals surface area contributed by atoms with Gasteiger partial charge in [0.15, 0.2) is 9.84 Å². The van der Waals surface area contributed by atoms with Crippen LogP contribution in [0, 0.1) is 11.8 Å². The first kappa shape index (κ1) is 11.3. The summed E-state index contributed by atoms with van der Waals surface area (Å²) in [5.41, 5.74) is 0. The molecule has 2 fully saturated rings. The predicted octanol–water partition coefficient (Wildman–Crippen LogP) is 0.666. The van der Waals surface area contributed by atoms with Crippen LogP contribution in [0.1, 0.15) is 12.8 Å². The molecule has 15 heavy (non-hydrogen) atoms. The third-order valence-electron chi connectivity index (χ3n) is 3.33. The molecule has 0 saturated carbocycles. The number of halogens is 2. The van der Waals surface area contributed by atoms with E-state index in [1.807, 2.05) is 0 Å². The quantitative estimate of drug-likeness (QED) is 0.731. The van der Waals surface area contributed by atoms with Crippen LogP contribution in [0.2, 0.25) is 0 Å². The van der Waals surface area contributed by atoms with Crippen molar-refractivity contribution in [2.75, 3.05) is 24.6 Å². The normalized spacial score (nSPS) is 39.1. The highest BCUT2D eigenvalue weighted by Gasteiger charge is 2.49. The van der Waals surface area contributed by atoms with Gasteiger partial charge in [-0.2, -0.15) is 0 Å². The number of hydrogen-bond acceptors (Lipinski definition) is 3. The summed E-state index contributed by atoms with van der Waals surface area (Å²) < 4.78 is 49.5. The Morgan fingerprint density at radius 3 is 2.60 bits per heavy atom. The highest BCUT2D eigenvalue weighted by molar-refractivity contribution is 7.91. The van der Waals surface area contributed by atoms with Crippen LogP contribution < -0.4 is 5.32 Å². The zero-order valence-electron chi connectivity index (χ0n) is 8.38. The summed E-state index contributed by atoms with van der Waals surface area (Å²) in [7, 11) is -3.08. The molecule has 2 aliphatic heterocycles. The van der Waals surface area contributed by atoms with Crippen LogP contribution in [0.3, 0.4) is 0 Å². The molecule has 0 aromatic rings. The van der Waals surface area contributed by atoms with Gasteiger partial charge in [-0.05, 0) is 18.8 Å². The summed E-state index contributed by atoms with van der Waals surface area (Å²) in [4.78, 5) is 0. The fraction of sp³-hybridized carbons (Fsp3) is 1.00. The van der Waals surface area contributed by atoms with Crippen molar-refractivity contribution in [1.82, 2.24) is 5.32 Å². The summed E-state index contributed by atoms with van der Waals surface area (Å²) >= 11 is 0. The Hall–Kier alpha value is -0.230. The van der Waals surface area contributed by atoms with Crippen LogP contribution in [0.4, 0.5) is 8.78 Å². The van der Waals surface area contributed by atoms with E-state index in [4.69, 9.17) is 0 Å².